The SMILES string of the molecule is c1ccc(-c2nc(-c3ccccc3)nc(-c3cc4c5c(c3)Sc3cccc6c3B5c3c(cccc3N6c3ncccn3)S4)n2)cc1. The molecule has 6 nitrogen and oxygen atoms in total. The van der Waals surface area contributed by atoms with Crippen LogP contribution in [0.3, 0.4) is 0 Å². The lowest BCUT2D eigenvalue weighted by Gasteiger charge is -2.42. The average Bonchev–Trinajstić information content (AvgIpc) is 3.12. The van der Waals surface area contributed by atoms with Crippen molar-refractivity contribution in [3.8, 4) is 34.2 Å². The summed E-state index contributed by atoms with van der Waals surface area (Å²) in [6.45, 7) is 0.122. The van der Waals surface area contributed by atoms with Gasteiger partial charge in [-0.3, -0.25) is 4.90 Å². The molecule has 3 aliphatic heterocycles. The van der Waals surface area contributed by atoms with Crippen molar-refractivity contribution in [1.82, 2.24) is 24.9 Å². The molecule has 0 N–H and O–H groups in total. The molecule has 0 spiro atoms. The number of aromatic nitrogens is 5. The van der Waals surface area contributed by atoms with Gasteiger partial charge in [0.05, 0.1) is 0 Å². The highest BCUT2D eigenvalue weighted by atomic mass is 32.2. The Morgan fingerprint density at radius 2 is 0.957 bits per heavy atom. The summed E-state index contributed by atoms with van der Waals surface area (Å²) >= 11 is 3.65. The first-order valence-corrected chi connectivity index (χ1v) is 16.7. The highest BCUT2D eigenvalue weighted by Crippen LogP contribution is 2.47. The summed E-state index contributed by atoms with van der Waals surface area (Å²) in [7, 11) is 0. The molecule has 2 aromatic heterocycles. The van der Waals surface area contributed by atoms with Gasteiger partial charge in [0.25, 0.3) is 6.71 Å². The standard InChI is InChI=1S/C37H21BN6S2/c1-3-10-22(11-4-1)34-41-35(23-12-5-2-6-13-23)43-36(42-34)24-20-29-33-30(21-24)46-28-17-8-15-26-32(28)38(33)31-25(14-7-16-27(31)45-29)44(26)37-39-18-9-19-40-37/h1-21H. The van der Waals surface area contributed by atoms with Gasteiger partial charge in [-0.15, -0.1) is 0 Å². The quantitative estimate of drug-likeness (QED) is 0.196. The van der Waals surface area contributed by atoms with Crippen LogP contribution in [-0.4, -0.2) is 31.6 Å². The topological polar surface area (TPSA) is 67.7 Å². The first-order valence-electron chi connectivity index (χ1n) is 15.0. The van der Waals surface area contributed by atoms with E-state index in [9.17, 15) is 0 Å². The number of benzene rings is 5. The molecule has 0 saturated heterocycles. The second kappa shape index (κ2) is 10.1. The zero-order valence-corrected chi connectivity index (χ0v) is 25.8. The van der Waals surface area contributed by atoms with Crippen LogP contribution in [0.15, 0.2) is 147 Å². The van der Waals surface area contributed by atoms with E-state index in [2.05, 4.69) is 63.4 Å². The van der Waals surface area contributed by atoms with Gasteiger partial charge in [-0.05, 0) is 58.9 Å². The second-order valence-corrected chi connectivity index (χ2v) is 13.5. The van der Waals surface area contributed by atoms with E-state index in [1.54, 1.807) is 0 Å². The van der Waals surface area contributed by atoms with Crippen molar-refractivity contribution in [2.24, 2.45) is 0 Å². The molecule has 0 amide bonds. The minimum Gasteiger partial charge on any atom is -0.280 e. The summed E-state index contributed by atoms with van der Waals surface area (Å²) in [6, 6.07) is 39.9. The number of hydrogen-bond acceptors (Lipinski definition) is 8. The Labute approximate surface area is 274 Å². The van der Waals surface area contributed by atoms with Crippen molar-refractivity contribution in [3.05, 3.63) is 128 Å². The third kappa shape index (κ3) is 3.92. The summed E-state index contributed by atoms with van der Waals surface area (Å²) in [5, 5.41) is 0. The summed E-state index contributed by atoms with van der Waals surface area (Å²) < 4.78 is 0. The van der Waals surface area contributed by atoms with Crippen molar-refractivity contribution in [3.63, 3.8) is 0 Å². The average molecular weight is 625 g/mol. The van der Waals surface area contributed by atoms with Gasteiger partial charge in [0, 0.05) is 60.0 Å². The molecule has 0 bridgehead atoms. The van der Waals surface area contributed by atoms with Crippen LogP contribution in [0.4, 0.5) is 17.3 Å². The van der Waals surface area contributed by atoms with Crippen LogP contribution in [0.25, 0.3) is 34.2 Å². The first-order chi connectivity index (χ1) is 22.8. The lowest BCUT2D eigenvalue weighted by atomic mass is 9.34. The maximum Gasteiger partial charge on any atom is 0.252 e. The van der Waals surface area contributed by atoms with E-state index in [-0.39, 0.29) is 6.71 Å². The zero-order chi connectivity index (χ0) is 30.2. The normalized spacial score (nSPS) is 13.4. The van der Waals surface area contributed by atoms with Gasteiger partial charge in [0.15, 0.2) is 17.5 Å². The maximum atomic E-state index is 5.05. The maximum absolute atomic E-state index is 5.05. The Bertz CT molecular complexity index is 2200. The molecule has 9 heteroatoms. The van der Waals surface area contributed by atoms with Crippen molar-refractivity contribution in [2.45, 2.75) is 19.6 Å². The van der Waals surface area contributed by atoms with Crippen molar-refractivity contribution >= 4 is 63.9 Å². The molecule has 214 valence electrons. The van der Waals surface area contributed by atoms with Gasteiger partial charge in [-0.25, -0.2) is 24.9 Å². The number of anilines is 3. The van der Waals surface area contributed by atoms with Crippen LogP contribution in [-0.2, 0) is 0 Å². The molecule has 0 unspecified atom stereocenters. The van der Waals surface area contributed by atoms with Gasteiger partial charge in [0.1, 0.15) is 0 Å². The van der Waals surface area contributed by atoms with Gasteiger partial charge in [-0.1, -0.05) is 96.3 Å². The van der Waals surface area contributed by atoms with E-state index < -0.39 is 0 Å². The summed E-state index contributed by atoms with van der Waals surface area (Å²) in [6.07, 6.45) is 3.62. The molecule has 5 heterocycles. The lowest BCUT2D eigenvalue weighted by Crippen LogP contribution is -2.62. The van der Waals surface area contributed by atoms with Gasteiger partial charge in [0.2, 0.25) is 5.95 Å². The van der Waals surface area contributed by atoms with E-state index in [0.29, 0.717) is 23.4 Å². The minimum absolute atomic E-state index is 0.122. The highest BCUT2D eigenvalue weighted by Gasteiger charge is 2.46. The van der Waals surface area contributed by atoms with E-state index in [1.807, 2.05) is 103 Å². The first kappa shape index (κ1) is 26.0. The largest absolute Gasteiger partial charge is 0.280 e. The predicted molar refractivity (Wildman–Crippen MR) is 186 cm³/mol. The molecule has 46 heavy (non-hydrogen) atoms. The van der Waals surface area contributed by atoms with Crippen molar-refractivity contribution in [2.75, 3.05) is 4.90 Å². The third-order valence-electron chi connectivity index (χ3n) is 8.69. The smallest absolute Gasteiger partial charge is 0.252 e. The summed E-state index contributed by atoms with van der Waals surface area (Å²) in [5.74, 6) is 2.68. The van der Waals surface area contributed by atoms with E-state index in [4.69, 9.17) is 15.0 Å². The number of rotatable bonds is 4. The molecule has 3 aliphatic rings. The van der Waals surface area contributed by atoms with E-state index in [1.165, 1.54) is 36.0 Å². The number of nitrogens with zero attached hydrogens (tertiary/aromatic N) is 6. The molecule has 0 fully saturated rings. The Kier molecular flexibility index (Phi) is 5.73. The van der Waals surface area contributed by atoms with Gasteiger partial charge < -0.3 is 0 Å². The Morgan fingerprint density at radius 1 is 0.457 bits per heavy atom. The monoisotopic (exact) mass is 624 g/mol. The van der Waals surface area contributed by atoms with Crippen molar-refractivity contribution in [1.29, 1.82) is 0 Å². The molecule has 0 saturated carbocycles. The summed E-state index contributed by atoms with van der Waals surface area (Å²) in [4.78, 5) is 31.6. The van der Waals surface area contributed by atoms with Crippen LogP contribution in [0, 0.1) is 0 Å². The number of hydrogen-bond donors (Lipinski definition) is 0. The Morgan fingerprint density at radius 3 is 1.48 bits per heavy atom. The van der Waals surface area contributed by atoms with Gasteiger partial charge in [-0.2, -0.15) is 0 Å². The van der Waals surface area contributed by atoms with Crippen LogP contribution >= 0.6 is 23.5 Å². The molecule has 0 radical (unpaired) electrons. The fraction of sp³-hybridized carbons (Fsp3) is 0. The molecule has 10 rings (SSSR count). The van der Waals surface area contributed by atoms with Crippen LogP contribution in [0.1, 0.15) is 0 Å². The lowest BCUT2D eigenvalue weighted by molar-refractivity contribution is 1.07. The Hall–Kier alpha value is -5.25. The van der Waals surface area contributed by atoms with Gasteiger partial charge >= 0.3 is 0 Å². The zero-order valence-electron chi connectivity index (χ0n) is 24.2. The molecule has 5 aromatic carbocycles. The van der Waals surface area contributed by atoms with E-state index >= 15 is 0 Å². The highest BCUT2D eigenvalue weighted by molar-refractivity contribution is 8.01. The molecular weight excluding hydrogens is 603 g/mol. The molecule has 7 aromatic rings. The predicted octanol–water partition coefficient (Wildman–Crippen LogP) is 6.89. The van der Waals surface area contributed by atoms with Crippen LogP contribution < -0.4 is 21.3 Å². The molecular formula is C37H21BN6S2. The van der Waals surface area contributed by atoms with Crippen molar-refractivity contribution < 1.29 is 0 Å². The van der Waals surface area contributed by atoms with E-state index in [0.717, 1.165) is 28.1 Å². The minimum atomic E-state index is 0.122. The van der Waals surface area contributed by atoms with Crippen LogP contribution in [0.2, 0.25) is 0 Å². The fourth-order valence-electron chi connectivity index (χ4n) is 6.76. The van der Waals surface area contributed by atoms with Crippen LogP contribution in [0.5, 0.6) is 0 Å². The molecule has 0 atom stereocenters. The molecule has 0 aliphatic carbocycles. The second-order valence-electron chi connectivity index (χ2n) is 11.3. The third-order valence-corrected chi connectivity index (χ3v) is 11.0. The summed E-state index contributed by atoms with van der Waals surface area (Å²) in [5.41, 5.74) is 9.17. The Balaban J connectivity index is 1.18. The fourth-order valence-corrected chi connectivity index (χ4v) is 9.30.